The first-order chi connectivity index (χ1) is 6.16. The third-order valence-electron chi connectivity index (χ3n) is 2.07. The van der Waals surface area contributed by atoms with E-state index < -0.39 is 0 Å². The molecule has 0 spiro atoms. The number of unbranched alkanes of at least 4 members (excludes halogenated alkanes) is 2. The van der Waals surface area contributed by atoms with Crippen LogP contribution in [-0.4, -0.2) is 41.2 Å². The zero-order chi connectivity index (χ0) is 10.1. The number of halogens is 1. The average Bonchev–Trinajstić information content (AvgIpc) is 2.03. The number of alkyl halides is 1. The molecule has 0 bridgehead atoms. The van der Waals surface area contributed by atoms with Crippen LogP contribution in [0.5, 0.6) is 0 Å². The van der Waals surface area contributed by atoms with Crippen LogP contribution in [0.1, 0.15) is 32.1 Å². The maximum absolute atomic E-state index is 8.70. The van der Waals surface area contributed by atoms with Crippen LogP contribution in [0.2, 0.25) is 0 Å². The molecule has 13 heavy (non-hydrogen) atoms. The highest BCUT2D eigenvalue weighted by Crippen LogP contribution is 2.14. The van der Waals surface area contributed by atoms with Gasteiger partial charge in [-0.3, -0.25) is 0 Å². The summed E-state index contributed by atoms with van der Waals surface area (Å²) in [4.78, 5) is 2.23. The van der Waals surface area contributed by atoms with Crippen molar-refractivity contribution in [3.05, 3.63) is 0 Å². The summed E-state index contributed by atoms with van der Waals surface area (Å²) in [5.74, 6) is 0. The molecule has 80 valence electrons. The highest BCUT2D eigenvalue weighted by molar-refractivity contribution is 14.1. The number of aliphatic hydroxyl groups is 1. The van der Waals surface area contributed by atoms with Gasteiger partial charge in [0.25, 0.3) is 0 Å². The molecule has 0 rings (SSSR count). The monoisotopic (exact) mass is 299 g/mol. The molecule has 0 aromatic heterocycles. The van der Waals surface area contributed by atoms with Crippen LogP contribution < -0.4 is 0 Å². The van der Waals surface area contributed by atoms with Crippen LogP contribution in [0.4, 0.5) is 0 Å². The Bertz CT molecular complexity index is 109. The first kappa shape index (κ1) is 13.7. The van der Waals surface area contributed by atoms with Gasteiger partial charge in [-0.25, -0.2) is 0 Å². The van der Waals surface area contributed by atoms with Crippen molar-refractivity contribution in [1.29, 1.82) is 0 Å². The quantitative estimate of drug-likeness (QED) is 0.422. The second kappa shape index (κ2) is 9.21. The van der Waals surface area contributed by atoms with Crippen molar-refractivity contribution in [2.45, 2.75) is 36.0 Å². The van der Waals surface area contributed by atoms with E-state index in [0.29, 0.717) is 10.5 Å². The summed E-state index contributed by atoms with van der Waals surface area (Å²) >= 11 is 2.44. The summed E-state index contributed by atoms with van der Waals surface area (Å²) in [7, 11) is 4.24. The topological polar surface area (TPSA) is 23.5 Å². The van der Waals surface area contributed by atoms with E-state index in [9.17, 15) is 0 Å². The third kappa shape index (κ3) is 10.6. The number of aliphatic hydroxyl groups excluding tert-OH is 1. The second-order valence-corrected chi connectivity index (χ2v) is 5.52. The summed E-state index contributed by atoms with van der Waals surface area (Å²) in [5, 5.41) is 8.70. The van der Waals surface area contributed by atoms with Gasteiger partial charge in [0.15, 0.2) is 0 Å². The van der Waals surface area contributed by atoms with Gasteiger partial charge in [-0.1, -0.05) is 35.4 Å². The SMILES string of the molecule is CN(C)CCCCC[C@@H](I)CCO. The molecule has 0 heterocycles. The number of hydrogen-bond donors (Lipinski definition) is 1. The number of nitrogens with zero attached hydrogens (tertiary/aromatic N) is 1. The van der Waals surface area contributed by atoms with Gasteiger partial charge in [-0.2, -0.15) is 0 Å². The van der Waals surface area contributed by atoms with Gasteiger partial charge >= 0.3 is 0 Å². The molecule has 0 unspecified atom stereocenters. The minimum atomic E-state index is 0.339. The molecule has 0 saturated heterocycles. The van der Waals surface area contributed by atoms with Gasteiger partial charge in [0.1, 0.15) is 0 Å². The first-order valence-electron chi connectivity index (χ1n) is 5.06. The Hall–Kier alpha value is 0.650. The number of hydrogen-bond acceptors (Lipinski definition) is 2. The minimum absolute atomic E-state index is 0.339. The normalized spacial score (nSPS) is 13.6. The molecular formula is C10H22INO. The molecule has 0 aromatic rings. The Morgan fingerprint density at radius 3 is 2.38 bits per heavy atom. The lowest BCUT2D eigenvalue weighted by Gasteiger charge is -2.10. The smallest absolute Gasteiger partial charge is 0.0441 e. The fourth-order valence-electron chi connectivity index (χ4n) is 1.26. The Labute approximate surface area is 95.8 Å². The highest BCUT2D eigenvalue weighted by atomic mass is 127. The largest absolute Gasteiger partial charge is 0.396 e. The van der Waals surface area contributed by atoms with Gasteiger partial charge in [0.05, 0.1) is 0 Å². The standard InChI is InChI=1S/C10H22INO/c1-12(2)8-5-3-4-6-10(11)7-9-13/h10,13H,3-9H2,1-2H3/t10-/m1/s1. The Morgan fingerprint density at radius 2 is 1.85 bits per heavy atom. The molecule has 0 aliphatic carbocycles. The molecule has 0 aromatic carbocycles. The predicted molar refractivity (Wildman–Crippen MR) is 66.5 cm³/mol. The van der Waals surface area contributed by atoms with Crippen molar-refractivity contribution >= 4 is 22.6 Å². The zero-order valence-corrected chi connectivity index (χ0v) is 11.0. The van der Waals surface area contributed by atoms with E-state index in [1.165, 1.54) is 32.2 Å². The molecule has 0 fully saturated rings. The van der Waals surface area contributed by atoms with E-state index in [1.807, 2.05) is 0 Å². The van der Waals surface area contributed by atoms with Crippen LogP contribution in [0.3, 0.4) is 0 Å². The summed E-state index contributed by atoms with van der Waals surface area (Å²) < 4.78 is 0.668. The second-order valence-electron chi connectivity index (χ2n) is 3.76. The van der Waals surface area contributed by atoms with Crippen LogP contribution in [0.15, 0.2) is 0 Å². The van der Waals surface area contributed by atoms with Crippen molar-refractivity contribution in [3.63, 3.8) is 0 Å². The summed E-state index contributed by atoms with van der Waals surface area (Å²) in [6, 6.07) is 0. The summed E-state index contributed by atoms with van der Waals surface area (Å²) in [6.45, 7) is 1.54. The molecule has 1 atom stereocenters. The van der Waals surface area contributed by atoms with E-state index in [-0.39, 0.29) is 0 Å². The van der Waals surface area contributed by atoms with Gasteiger partial charge in [0, 0.05) is 10.5 Å². The fraction of sp³-hybridized carbons (Fsp3) is 1.00. The third-order valence-corrected chi connectivity index (χ3v) is 3.31. The summed E-state index contributed by atoms with van der Waals surface area (Å²) in [6.07, 6.45) is 6.14. The van der Waals surface area contributed by atoms with E-state index in [2.05, 4.69) is 41.6 Å². The lowest BCUT2D eigenvalue weighted by Crippen LogP contribution is -2.12. The fourth-order valence-corrected chi connectivity index (χ4v) is 1.97. The summed E-state index contributed by atoms with van der Waals surface area (Å²) in [5.41, 5.74) is 0. The molecule has 1 N–H and O–H groups in total. The molecule has 0 aliphatic rings. The Kier molecular flexibility index (Phi) is 9.68. The lowest BCUT2D eigenvalue weighted by atomic mass is 10.1. The van der Waals surface area contributed by atoms with Crippen molar-refractivity contribution in [2.75, 3.05) is 27.2 Å². The molecule has 2 nitrogen and oxygen atoms in total. The van der Waals surface area contributed by atoms with Gasteiger partial charge < -0.3 is 10.0 Å². The van der Waals surface area contributed by atoms with Crippen LogP contribution in [0.25, 0.3) is 0 Å². The van der Waals surface area contributed by atoms with Crippen molar-refractivity contribution in [1.82, 2.24) is 4.90 Å². The average molecular weight is 299 g/mol. The van der Waals surface area contributed by atoms with Crippen LogP contribution >= 0.6 is 22.6 Å². The van der Waals surface area contributed by atoms with Gasteiger partial charge in [-0.05, 0) is 39.9 Å². The van der Waals surface area contributed by atoms with Crippen molar-refractivity contribution in [2.24, 2.45) is 0 Å². The van der Waals surface area contributed by atoms with Crippen molar-refractivity contribution in [3.8, 4) is 0 Å². The maximum Gasteiger partial charge on any atom is 0.0441 e. The van der Waals surface area contributed by atoms with Gasteiger partial charge in [-0.15, -0.1) is 0 Å². The predicted octanol–water partition coefficient (Wildman–Crippen LogP) is 2.29. The van der Waals surface area contributed by atoms with E-state index in [1.54, 1.807) is 0 Å². The zero-order valence-electron chi connectivity index (χ0n) is 8.80. The van der Waals surface area contributed by atoms with Crippen molar-refractivity contribution < 1.29 is 5.11 Å². The molecule has 0 radical (unpaired) electrons. The molecule has 0 amide bonds. The number of rotatable bonds is 8. The lowest BCUT2D eigenvalue weighted by molar-refractivity contribution is 0.286. The van der Waals surface area contributed by atoms with Crippen LogP contribution in [-0.2, 0) is 0 Å². The molecule has 0 aliphatic heterocycles. The van der Waals surface area contributed by atoms with Crippen LogP contribution in [0, 0.1) is 0 Å². The minimum Gasteiger partial charge on any atom is -0.396 e. The highest BCUT2D eigenvalue weighted by Gasteiger charge is 2.02. The first-order valence-corrected chi connectivity index (χ1v) is 6.31. The molecule has 3 heteroatoms. The maximum atomic E-state index is 8.70. The van der Waals surface area contributed by atoms with E-state index >= 15 is 0 Å². The Balaban J connectivity index is 3.06. The van der Waals surface area contributed by atoms with Gasteiger partial charge in [0.2, 0.25) is 0 Å². The molecular weight excluding hydrogens is 277 g/mol. The van der Waals surface area contributed by atoms with E-state index in [4.69, 9.17) is 5.11 Å². The Morgan fingerprint density at radius 1 is 1.15 bits per heavy atom. The molecule has 0 saturated carbocycles. The van der Waals surface area contributed by atoms with E-state index in [0.717, 1.165) is 6.42 Å².